The van der Waals surface area contributed by atoms with Crippen LogP contribution in [-0.2, 0) is 0 Å². The number of fused-ring (bicyclic) bond motifs is 1. The van der Waals surface area contributed by atoms with Gasteiger partial charge in [0.25, 0.3) is 0 Å². The van der Waals surface area contributed by atoms with Crippen molar-refractivity contribution in [3.05, 3.63) is 66.2 Å². The minimum absolute atomic E-state index is 0.923. The van der Waals surface area contributed by atoms with Gasteiger partial charge in [-0.2, -0.15) is 0 Å². The van der Waals surface area contributed by atoms with Crippen molar-refractivity contribution < 1.29 is 4.74 Å². The summed E-state index contributed by atoms with van der Waals surface area (Å²) >= 11 is 0. The molecule has 0 fully saturated rings. The van der Waals surface area contributed by atoms with Gasteiger partial charge in [0.05, 0.1) is 7.11 Å². The molecule has 0 amide bonds. The maximum absolute atomic E-state index is 5.44. The van der Waals surface area contributed by atoms with Gasteiger partial charge in [0.1, 0.15) is 5.75 Å². The van der Waals surface area contributed by atoms with Crippen molar-refractivity contribution in [2.45, 2.75) is 6.92 Å². The molecule has 0 aromatic heterocycles. The Morgan fingerprint density at radius 1 is 0.789 bits per heavy atom. The monoisotopic (exact) mass is 248 g/mol. The molecule has 0 saturated carbocycles. The molecule has 3 aromatic rings. The number of aryl methyl sites for hydroxylation is 1. The van der Waals surface area contributed by atoms with Crippen molar-refractivity contribution in [1.82, 2.24) is 0 Å². The molecule has 0 heterocycles. The molecule has 0 aliphatic rings. The van der Waals surface area contributed by atoms with Crippen LogP contribution in [0.4, 0.5) is 0 Å². The number of benzene rings is 3. The Bertz CT molecular complexity index is 711. The normalized spacial score (nSPS) is 10.6. The molecule has 0 unspecified atom stereocenters. The third kappa shape index (κ3) is 2.19. The van der Waals surface area contributed by atoms with Gasteiger partial charge in [0.2, 0.25) is 0 Å². The first-order chi connectivity index (χ1) is 9.28. The summed E-state index contributed by atoms with van der Waals surface area (Å²) in [5.41, 5.74) is 3.73. The molecule has 0 atom stereocenters. The Labute approximate surface area is 113 Å². The fourth-order valence-electron chi connectivity index (χ4n) is 2.35. The highest BCUT2D eigenvalue weighted by atomic mass is 16.5. The standard InChI is InChI=1S/C18H16O/c1-13-6-8-14(9-7-13)16-11-10-15-4-3-5-18(19-2)17(15)12-16/h3-12H,1-2H3. The van der Waals surface area contributed by atoms with Crippen molar-refractivity contribution in [3.8, 4) is 16.9 Å². The van der Waals surface area contributed by atoms with Gasteiger partial charge in [0, 0.05) is 5.39 Å². The van der Waals surface area contributed by atoms with E-state index in [1.54, 1.807) is 7.11 Å². The molecule has 3 rings (SSSR count). The van der Waals surface area contributed by atoms with Crippen molar-refractivity contribution >= 4 is 10.8 Å². The highest BCUT2D eigenvalue weighted by Gasteiger charge is 2.03. The summed E-state index contributed by atoms with van der Waals surface area (Å²) in [7, 11) is 1.72. The number of rotatable bonds is 2. The second-order valence-electron chi connectivity index (χ2n) is 4.76. The average molecular weight is 248 g/mol. The molecule has 1 heteroatoms. The van der Waals surface area contributed by atoms with Crippen LogP contribution in [0.15, 0.2) is 60.7 Å². The average Bonchev–Trinajstić information content (AvgIpc) is 2.47. The number of ether oxygens (including phenoxy) is 1. The van der Waals surface area contributed by atoms with E-state index in [0.717, 1.165) is 11.1 Å². The molecular formula is C18H16O. The Hall–Kier alpha value is -2.28. The molecule has 0 aliphatic carbocycles. The Morgan fingerprint density at radius 2 is 1.53 bits per heavy atom. The van der Waals surface area contributed by atoms with Gasteiger partial charge in [-0.05, 0) is 35.6 Å². The van der Waals surface area contributed by atoms with Crippen LogP contribution >= 0.6 is 0 Å². The van der Waals surface area contributed by atoms with Gasteiger partial charge >= 0.3 is 0 Å². The minimum Gasteiger partial charge on any atom is -0.496 e. The van der Waals surface area contributed by atoms with Crippen LogP contribution in [0.5, 0.6) is 5.75 Å². The van der Waals surface area contributed by atoms with Gasteiger partial charge in [-0.25, -0.2) is 0 Å². The van der Waals surface area contributed by atoms with E-state index in [1.165, 1.54) is 22.1 Å². The van der Waals surface area contributed by atoms with E-state index in [1.807, 2.05) is 12.1 Å². The maximum Gasteiger partial charge on any atom is 0.126 e. The van der Waals surface area contributed by atoms with Crippen molar-refractivity contribution in [2.24, 2.45) is 0 Å². The molecule has 0 N–H and O–H groups in total. The van der Waals surface area contributed by atoms with Crippen LogP contribution < -0.4 is 4.74 Å². The SMILES string of the molecule is COc1cccc2ccc(-c3ccc(C)cc3)cc12. The predicted molar refractivity (Wildman–Crippen MR) is 80.7 cm³/mol. The van der Waals surface area contributed by atoms with Gasteiger partial charge in [-0.1, -0.05) is 54.1 Å². The van der Waals surface area contributed by atoms with Gasteiger partial charge in [-0.15, -0.1) is 0 Å². The Balaban J connectivity index is 2.18. The number of methoxy groups -OCH3 is 1. The summed E-state index contributed by atoms with van der Waals surface area (Å²) in [6, 6.07) is 21.2. The predicted octanol–water partition coefficient (Wildman–Crippen LogP) is 4.82. The molecule has 0 bridgehead atoms. The first-order valence-electron chi connectivity index (χ1n) is 6.42. The molecule has 1 nitrogen and oxygen atoms in total. The summed E-state index contributed by atoms with van der Waals surface area (Å²) < 4.78 is 5.44. The van der Waals surface area contributed by atoms with E-state index >= 15 is 0 Å². The molecule has 94 valence electrons. The third-order valence-electron chi connectivity index (χ3n) is 3.45. The summed E-state index contributed by atoms with van der Waals surface area (Å²) in [6.45, 7) is 2.10. The molecule has 0 radical (unpaired) electrons. The van der Waals surface area contributed by atoms with E-state index in [2.05, 4.69) is 55.5 Å². The summed E-state index contributed by atoms with van der Waals surface area (Å²) in [6.07, 6.45) is 0. The van der Waals surface area contributed by atoms with E-state index in [9.17, 15) is 0 Å². The van der Waals surface area contributed by atoms with Gasteiger partial charge in [-0.3, -0.25) is 0 Å². The lowest BCUT2D eigenvalue weighted by Crippen LogP contribution is -1.85. The van der Waals surface area contributed by atoms with E-state index in [-0.39, 0.29) is 0 Å². The lowest BCUT2D eigenvalue weighted by Gasteiger charge is -2.08. The first kappa shape index (κ1) is 11.8. The van der Waals surface area contributed by atoms with Crippen LogP contribution in [0.2, 0.25) is 0 Å². The summed E-state index contributed by atoms with van der Waals surface area (Å²) in [5, 5.41) is 2.36. The second-order valence-corrected chi connectivity index (χ2v) is 4.76. The van der Waals surface area contributed by atoms with Crippen molar-refractivity contribution in [1.29, 1.82) is 0 Å². The maximum atomic E-state index is 5.44. The van der Waals surface area contributed by atoms with E-state index < -0.39 is 0 Å². The Kier molecular flexibility index (Phi) is 2.96. The smallest absolute Gasteiger partial charge is 0.126 e. The highest BCUT2D eigenvalue weighted by Crippen LogP contribution is 2.30. The van der Waals surface area contributed by atoms with E-state index in [0.29, 0.717) is 0 Å². The zero-order valence-electron chi connectivity index (χ0n) is 11.2. The number of hydrogen-bond donors (Lipinski definition) is 0. The van der Waals surface area contributed by atoms with E-state index in [4.69, 9.17) is 4.74 Å². The van der Waals surface area contributed by atoms with Crippen molar-refractivity contribution in [2.75, 3.05) is 7.11 Å². The number of hydrogen-bond acceptors (Lipinski definition) is 1. The van der Waals surface area contributed by atoms with Crippen LogP contribution in [-0.4, -0.2) is 7.11 Å². The highest BCUT2D eigenvalue weighted by molar-refractivity contribution is 5.92. The van der Waals surface area contributed by atoms with Crippen LogP contribution in [0, 0.1) is 6.92 Å². The first-order valence-corrected chi connectivity index (χ1v) is 6.42. The lowest BCUT2D eigenvalue weighted by atomic mass is 10.00. The fraction of sp³-hybridized carbons (Fsp3) is 0.111. The van der Waals surface area contributed by atoms with Gasteiger partial charge in [0.15, 0.2) is 0 Å². The van der Waals surface area contributed by atoms with Crippen LogP contribution in [0.3, 0.4) is 0 Å². The topological polar surface area (TPSA) is 9.23 Å². The third-order valence-corrected chi connectivity index (χ3v) is 3.45. The zero-order valence-corrected chi connectivity index (χ0v) is 11.2. The Morgan fingerprint density at radius 3 is 2.26 bits per heavy atom. The summed E-state index contributed by atoms with van der Waals surface area (Å²) in [5.74, 6) is 0.923. The fourth-order valence-corrected chi connectivity index (χ4v) is 2.35. The quantitative estimate of drug-likeness (QED) is 0.631. The summed E-state index contributed by atoms with van der Waals surface area (Å²) in [4.78, 5) is 0. The molecule has 3 aromatic carbocycles. The lowest BCUT2D eigenvalue weighted by molar-refractivity contribution is 0.420. The zero-order chi connectivity index (χ0) is 13.2. The molecule has 0 spiro atoms. The second kappa shape index (κ2) is 4.77. The molecule has 0 saturated heterocycles. The van der Waals surface area contributed by atoms with Gasteiger partial charge < -0.3 is 4.74 Å². The molecular weight excluding hydrogens is 232 g/mol. The molecule has 0 aliphatic heterocycles. The van der Waals surface area contributed by atoms with Crippen LogP contribution in [0.25, 0.3) is 21.9 Å². The molecule has 19 heavy (non-hydrogen) atoms. The van der Waals surface area contributed by atoms with Crippen LogP contribution in [0.1, 0.15) is 5.56 Å². The minimum atomic E-state index is 0.923. The van der Waals surface area contributed by atoms with Crippen molar-refractivity contribution in [3.63, 3.8) is 0 Å². The largest absolute Gasteiger partial charge is 0.496 e.